The molecular formula is C6H6BrN2O2-. The molecule has 0 saturated heterocycles. The highest BCUT2D eigenvalue weighted by Gasteiger charge is 2.06. The molecule has 0 amide bonds. The molecule has 1 heterocycles. The van der Waals surface area contributed by atoms with Gasteiger partial charge in [0.05, 0.1) is 17.1 Å². The van der Waals surface area contributed by atoms with E-state index >= 15 is 0 Å². The molecule has 0 aliphatic rings. The molecule has 0 aromatic carbocycles. The zero-order chi connectivity index (χ0) is 8.27. The number of carboxylic acid groups (broad SMARTS) is 1. The standard InChI is InChI=1S/C6H7BrN2O2/c7-5(6(10)11)1-4-2-8-3-9-4/h2-3,5H,1H2,(H,8,9)(H,10,11)/p-1. The van der Waals surface area contributed by atoms with Gasteiger partial charge in [0.2, 0.25) is 0 Å². The molecule has 1 N–H and O–H groups in total. The summed E-state index contributed by atoms with van der Waals surface area (Å²) in [5.74, 6) is -1.11. The van der Waals surface area contributed by atoms with Crippen LogP contribution < -0.4 is 5.11 Å². The second-order valence-electron chi connectivity index (χ2n) is 2.07. The third-order valence-corrected chi connectivity index (χ3v) is 1.91. The van der Waals surface area contributed by atoms with Crippen LogP contribution >= 0.6 is 15.9 Å². The van der Waals surface area contributed by atoms with Gasteiger partial charge in [-0.1, -0.05) is 15.9 Å². The highest BCUT2D eigenvalue weighted by Crippen LogP contribution is 2.05. The first kappa shape index (κ1) is 8.26. The fourth-order valence-electron chi connectivity index (χ4n) is 0.673. The molecule has 1 rings (SSSR count). The van der Waals surface area contributed by atoms with Crippen molar-refractivity contribution in [3.63, 3.8) is 0 Å². The van der Waals surface area contributed by atoms with Crippen molar-refractivity contribution in [1.29, 1.82) is 0 Å². The molecule has 1 unspecified atom stereocenters. The average Bonchev–Trinajstić information content (AvgIpc) is 2.39. The van der Waals surface area contributed by atoms with Crippen molar-refractivity contribution in [3.8, 4) is 0 Å². The minimum Gasteiger partial charge on any atom is -0.549 e. The fourth-order valence-corrected chi connectivity index (χ4v) is 1.02. The number of halogens is 1. The van der Waals surface area contributed by atoms with Crippen LogP contribution in [0.25, 0.3) is 0 Å². The highest BCUT2D eigenvalue weighted by molar-refractivity contribution is 9.10. The molecule has 0 saturated carbocycles. The summed E-state index contributed by atoms with van der Waals surface area (Å²) in [4.78, 5) is 16.1. The molecule has 60 valence electrons. The smallest absolute Gasteiger partial charge is 0.0921 e. The third kappa shape index (κ3) is 2.34. The Kier molecular flexibility index (Phi) is 2.64. The maximum absolute atomic E-state index is 10.2. The lowest BCUT2D eigenvalue weighted by Crippen LogP contribution is -2.33. The zero-order valence-electron chi connectivity index (χ0n) is 5.58. The van der Waals surface area contributed by atoms with Crippen LogP contribution in [0.4, 0.5) is 0 Å². The van der Waals surface area contributed by atoms with Gasteiger partial charge in [0.15, 0.2) is 0 Å². The van der Waals surface area contributed by atoms with Gasteiger partial charge in [0.25, 0.3) is 0 Å². The summed E-state index contributed by atoms with van der Waals surface area (Å²) in [6, 6.07) is 0. The average molecular weight is 218 g/mol. The van der Waals surface area contributed by atoms with Crippen LogP contribution in [0.15, 0.2) is 12.5 Å². The van der Waals surface area contributed by atoms with E-state index in [1.54, 1.807) is 6.20 Å². The van der Waals surface area contributed by atoms with Crippen molar-refractivity contribution in [1.82, 2.24) is 9.97 Å². The maximum Gasteiger partial charge on any atom is 0.0921 e. The van der Waals surface area contributed by atoms with E-state index in [0.29, 0.717) is 6.42 Å². The van der Waals surface area contributed by atoms with Crippen LogP contribution in [0.1, 0.15) is 5.69 Å². The maximum atomic E-state index is 10.2. The molecule has 0 spiro atoms. The SMILES string of the molecule is O=C([O-])C(Br)Cc1cnc[nH]1. The second kappa shape index (κ2) is 3.52. The van der Waals surface area contributed by atoms with E-state index in [2.05, 4.69) is 25.9 Å². The van der Waals surface area contributed by atoms with Crippen molar-refractivity contribution in [3.05, 3.63) is 18.2 Å². The summed E-state index contributed by atoms with van der Waals surface area (Å²) in [6.07, 6.45) is 3.45. The lowest BCUT2D eigenvalue weighted by atomic mass is 10.2. The molecule has 5 heteroatoms. The first-order valence-electron chi connectivity index (χ1n) is 3.02. The number of nitrogens with zero attached hydrogens (tertiary/aromatic N) is 1. The summed E-state index contributed by atoms with van der Waals surface area (Å²) >= 11 is 2.95. The molecule has 0 aliphatic carbocycles. The van der Waals surface area contributed by atoms with Gasteiger partial charge in [-0.25, -0.2) is 4.98 Å². The molecule has 0 aliphatic heterocycles. The van der Waals surface area contributed by atoms with E-state index in [-0.39, 0.29) is 0 Å². The Morgan fingerprint density at radius 1 is 1.91 bits per heavy atom. The number of H-pyrrole nitrogens is 1. The number of aliphatic carboxylic acids is 1. The lowest BCUT2D eigenvalue weighted by Gasteiger charge is -2.07. The Bertz CT molecular complexity index is 235. The second-order valence-corrected chi connectivity index (χ2v) is 3.17. The Morgan fingerprint density at radius 3 is 3.09 bits per heavy atom. The first-order chi connectivity index (χ1) is 5.20. The van der Waals surface area contributed by atoms with Gasteiger partial charge < -0.3 is 14.9 Å². The third-order valence-electron chi connectivity index (χ3n) is 1.21. The molecule has 1 aromatic heterocycles. The number of imidazole rings is 1. The normalized spacial score (nSPS) is 12.8. The molecule has 1 aromatic rings. The molecule has 11 heavy (non-hydrogen) atoms. The number of carboxylic acids is 1. The molecule has 4 nitrogen and oxygen atoms in total. The van der Waals surface area contributed by atoms with E-state index in [9.17, 15) is 9.90 Å². The molecule has 0 bridgehead atoms. The van der Waals surface area contributed by atoms with Crippen molar-refractivity contribution in [2.45, 2.75) is 11.2 Å². The highest BCUT2D eigenvalue weighted by atomic mass is 79.9. The van der Waals surface area contributed by atoms with Crippen molar-refractivity contribution < 1.29 is 9.90 Å². The Morgan fingerprint density at radius 2 is 2.64 bits per heavy atom. The van der Waals surface area contributed by atoms with E-state index < -0.39 is 10.8 Å². The summed E-state index contributed by atoms with van der Waals surface area (Å²) < 4.78 is 0. The quantitative estimate of drug-likeness (QED) is 0.693. The Labute approximate surface area is 71.8 Å². The molecule has 0 radical (unpaired) electrons. The van der Waals surface area contributed by atoms with Crippen LogP contribution in [-0.4, -0.2) is 20.8 Å². The predicted molar refractivity (Wildman–Crippen MR) is 40.0 cm³/mol. The first-order valence-corrected chi connectivity index (χ1v) is 3.94. The topological polar surface area (TPSA) is 68.8 Å². The number of carbonyl (C=O) groups excluding carboxylic acids is 1. The van der Waals surface area contributed by atoms with Crippen LogP contribution in [-0.2, 0) is 11.2 Å². The molecule has 0 fully saturated rings. The largest absolute Gasteiger partial charge is 0.549 e. The van der Waals surface area contributed by atoms with Crippen molar-refractivity contribution >= 4 is 21.9 Å². The Balaban J connectivity index is 2.50. The predicted octanol–water partition coefficient (Wildman–Crippen LogP) is -0.534. The van der Waals surface area contributed by atoms with Crippen molar-refractivity contribution in [2.75, 3.05) is 0 Å². The van der Waals surface area contributed by atoms with Gasteiger partial charge in [0, 0.05) is 18.3 Å². The number of aromatic nitrogens is 2. The monoisotopic (exact) mass is 217 g/mol. The number of aromatic amines is 1. The minimum atomic E-state index is -1.11. The number of alkyl halides is 1. The molecule has 1 atom stereocenters. The van der Waals surface area contributed by atoms with Crippen LogP contribution in [0.3, 0.4) is 0 Å². The van der Waals surface area contributed by atoms with E-state index in [0.717, 1.165) is 5.69 Å². The van der Waals surface area contributed by atoms with E-state index in [1.165, 1.54) is 6.33 Å². The Hall–Kier alpha value is -0.840. The lowest BCUT2D eigenvalue weighted by molar-refractivity contribution is -0.304. The van der Waals surface area contributed by atoms with Crippen LogP contribution in [0.2, 0.25) is 0 Å². The number of hydrogen-bond acceptors (Lipinski definition) is 3. The van der Waals surface area contributed by atoms with E-state index in [4.69, 9.17) is 0 Å². The van der Waals surface area contributed by atoms with Gasteiger partial charge in [-0.15, -0.1) is 0 Å². The molecular weight excluding hydrogens is 212 g/mol. The van der Waals surface area contributed by atoms with Crippen LogP contribution in [0.5, 0.6) is 0 Å². The fraction of sp³-hybridized carbons (Fsp3) is 0.333. The van der Waals surface area contributed by atoms with Gasteiger partial charge in [0.1, 0.15) is 0 Å². The summed E-state index contributed by atoms with van der Waals surface area (Å²) in [7, 11) is 0. The number of rotatable bonds is 3. The van der Waals surface area contributed by atoms with E-state index in [1.807, 2.05) is 0 Å². The van der Waals surface area contributed by atoms with Gasteiger partial charge >= 0.3 is 0 Å². The minimum absolute atomic E-state index is 0.363. The summed E-state index contributed by atoms with van der Waals surface area (Å²) in [6.45, 7) is 0. The zero-order valence-corrected chi connectivity index (χ0v) is 7.17. The number of carbonyl (C=O) groups is 1. The summed E-state index contributed by atoms with van der Waals surface area (Å²) in [5.41, 5.74) is 0.774. The van der Waals surface area contributed by atoms with Gasteiger partial charge in [-0.3, -0.25) is 0 Å². The van der Waals surface area contributed by atoms with Crippen molar-refractivity contribution in [2.24, 2.45) is 0 Å². The van der Waals surface area contributed by atoms with Crippen LogP contribution in [0, 0.1) is 0 Å². The van der Waals surface area contributed by atoms with Gasteiger partial charge in [-0.2, -0.15) is 0 Å². The van der Waals surface area contributed by atoms with Gasteiger partial charge in [-0.05, 0) is 0 Å². The number of nitrogens with one attached hydrogen (secondary N) is 1. The summed E-state index contributed by atoms with van der Waals surface area (Å²) in [5, 5.41) is 10.2. The number of hydrogen-bond donors (Lipinski definition) is 1.